The quantitative estimate of drug-likeness (QED) is 0.636. The summed E-state index contributed by atoms with van der Waals surface area (Å²) in [6.45, 7) is 3.53. The Balaban J connectivity index is 1.67. The number of imide groups is 1. The van der Waals surface area contributed by atoms with E-state index in [1.54, 1.807) is 19.9 Å². The van der Waals surface area contributed by atoms with E-state index in [9.17, 15) is 14.4 Å². The van der Waals surface area contributed by atoms with Crippen molar-refractivity contribution in [1.29, 1.82) is 0 Å². The molecule has 0 aliphatic carbocycles. The highest BCUT2D eigenvalue weighted by molar-refractivity contribution is 6.01. The van der Waals surface area contributed by atoms with Crippen molar-refractivity contribution in [1.82, 2.24) is 4.90 Å². The molecule has 1 aromatic rings. The van der Waals surface area contributed by atoms with E-state index in [0.29, 0.717) is 5.76 Å². The van der Waals surface area contributed by atoms with Crippen molar-refractivity contribution in [2.75, 3.05) is 6.61 Å². The molecule has 2 amide bonds. The number of benzene rings is 1. The Bertz CT molecular complexity index is 862. The van der Waals surface area contributed by atoms with Crippen molar-refractivity contribution in [2.45, 2.75) is 57.8 Å². The van der Waals surface area contributed by atoms with Crippen LogP contribution in [-0.4, -0.2) is 46.5 Å². The molecule has 2 heterocycles. The van der Waals surface area contributed by atoms with E-state index in [2.05, 4.69) is 0 Å². The average molecular weight is 427 g/mol. The number of ether oxygens (including phenoxy) is 2. The summed E-state index contributed by atoms with van der Waals surface area (Å²) in [7, 11) is 0. The number of hydrogen-bond acceptors (Lipinski definition) is 6. The number of amides is 2. The van der Waals surface area contributed by atoms with Gasteiger partial charge in [-0.05, 0) is 56.9 Å². The third-order valence-electron chi connectivity index (χ3n) is 5.64. The van der Waals surface area contributed by atoms with Crippen LogP contribution in [0.1, 0.15) is 51.2 Å². The second kappa shape index (κ2) is 10.4. The largest absolute Gasteiger partial charge is 0.482 e. The summed E-state index contributed by atoms with van der Waals surface area (Å²) < 4.78 is 11.3. The van der Waals surface area contributed by atoms with Crippen LogP contribution in [0.15, 0.2) is 54.3 Å². The Morgan fingerprint density at radius 2 is 1.87 bits per heavy atom. The molecular formula is C24H29NO6. The van der Waals surface area contributed by atoms with Gasteiger partial charge in [-0.3, -0.25) is 9.59 Å². The summed E-state index contributed by atoms with van der Waals surface area (Å²) in [6.07, 6.45) is 5.93. The SMILES string of the molecule is C[C@@H]1[C@H](c2ccccc2)OC(=O)N1C(=O)[C@H](C)[C@@H]1OC(=CCCCCCO)C=CC1=O. The average Bonchev–Trinajstić information content (AvgIpc) is 3.08. The first-order valence-corrected chi connectivity index (χ1v) is 10.7. The molecular weight excluding hydrogens is 398 g/mol. The number of aliphatic hydroxyl groups excluding tert-OH is 1. The van der Waals surface area contributed by atoms with Crippen LogP contribution in [-0.2, 0) is 19.1 Å². The van der Waals surface area contributed by atoms with Gasteiger partial charge < -0.3 is 14.6 Å². The summed E-state index contributed by atoms with van der Waals surface area (Å²) in [5.74, 6) is -1.11. The van der Waals surface area contributed by atoms with Gasteiger partial charge in [-0.15, -0.1) is 0 Å². The van der Waals surface area contributed by atoms with Gasteiger partial charge in [0, 0.05) is 6.61 Å². The van der Waals surface area contributed by atoms with Crippen molar-refractivity contribution in [3.63, 3.8) is 0 Å². The molecule has 3 rings (SSSR count). The molecule has 0 bridgehead atoms. The highest BCUT2D eigenvalue weighted by atomic mass is 16.6. The van der Waals surface area contributed by atoms with Crippen molar-refractivity contribution >= 4 is 17.8 Å². The van der Waals surface area contributed by atoms with Crippen molar-refractivity contribution in [2.24, 2.45) is 5.92 Å². The predicted octanol–water partition coefficient (Wildman–Crippen LogP) is 3.69. The lowest BCUT2D eigenvalue weighted by Crippen LogP contribution is -2.47. The number of hydrogen-bond donors (Lipinski definition) is 1. The zero-order chi connectivity index (χ0) is 22.4. The van der Waals surface area contributed by atoms with Crippen molar-refractivity contribution in [3.8, 4) is 0 Å². The Labute approximate surface area is 182 Å². The number of cyclic esters (lactones) is 1. The van der Waals surface area contributed by atoms with Crippen LogP contribution in [0.25, 0.3) is 0 Å². The third-order valence-corrected chi connectivity index (χ3v) is 5.64. The van der Waals surface area contributed by atoms with Crippen LogP contribution in [0.5, 0.6) is 0 Å². The lowest BCUT2D eigenvalue weighted by atomic mass is 9.95. The predicted molar refractivity (Wildman–Crippen MR) is 114 cm³/mol. The maximum absolute atomic E-state index is 13.2. The second-order valence-corrected chi connectivity index (χ2v) is 7.91. The van der Waals surface area contributed by atoms with E-state index in [-0.39, 0.29) is 12.4 Å². The first-order valence-electron chi connectivity index (χ1n) is 10.7. The molecule has 0 radical (unpaired) electrons. The number of unbranched alkanes of at least 4 members (excludes halogenated alkanes) is 3. The molecule has 0 aromatic heterocycles. The summed E-state index contributed by atoms with van der Waals surface area (Å²) in [6, 6.07) is 8.76. The Kier molecular flexibility index (Phi) is 7.63. The van der Waals surface area contributed by atoms with Crippen LogP contribution < -0.4 is 0 Å². The zero-order valence-corrected chi connectivity index (χ0v) is 17.9. The van der Waals surface area contributed by atoms with Crippen LogP contribution >= 0.6 is 0 Å². The number of nitrogens with zero attached hydrogens (tertiary/aromatic N) is 1. The minimum atomic E-state index is -0.989. The number of carbonyl (C=O) groups is 3. The summed E-state index contributed by atoms with van der Waals surface area (Å²) in [5.41, 5.74) is 0.811. The molecule has 166 valence electrons. The molecule has 0 spiro atoms. The Hall–Kier alpha value is -2.93. The second-order valence-electron chi connectivity index (χ2n) is 7.91. The Morgan fingerprint density at radius 1 is 1.13 bits per heavy atom. The zero-order valence-electron chi connectivity index (χ0n) is 17.9. The van der Waals surface area contributed by atoms with Crippen molar-refractivity contribution < 1.29 is 29.0 Å². The van der Waals surface area contributed by atoms with E-state index >= 15 is 0 Å². The van der Waals surface area contributed by atoms with Crippen LogP contribution in [0.4, 0.5) is 4.79 Å². The van der Waals surface area contributed by atoms with E-state index in [1.807, 2.05) is 36.4 Å². The van der Waals surface area contributed by atoms with Gasteiger partial charge >= 0.3 is 6.09 Å². The molecule has 4 atom stereocenters. The lowest BCUT2D eigenvalue weighted by molar-refractivity contribution is -0.142. The van der Waals surface area contributed by atoms with Gasteiger partial charge in [0.1, 0.15) is 11.9 Å². The minimum Gasteiger partial charge on any atom is -0.482 e. The Morgan fingerprint density at radius 3 is 2.58 bits per heavy atom. The van der Waals surface area contributed by atoms with E-state index in [4.69, 9.17) is 14.6 Å². The van der Waals surface area contributed by atoms with Gasteiger partial charge in [-0.2, -0.15) is 0 Å². The van der Waals surface area contributed by atoms with Gasteiger partial charge in [0.25, 0.3) is 0 Å². The van der Waals surface area contributed by atoms with Crippen molar-refractivity contribution in [3.05, 3.63) is 59.9 Å². The fraction of sp³-hybridized carbons (Fsp3) is 0.458. The molecule has 1 fully saturated rings. The number of carbonyl (C=O) groups excluding carboxylic acids is 3. The van der Waals surface area contributed by atoms with Gasteiger partial charge in [-0.1, -0.05) is 36.8 Å². The lowest BCUT2D eigenvalue weighted by Gasteiger charge is -2.28. The molecule has 1 saturated heterocycles. The van der Waals surface area contributed by atoms with E-state index in [1.165, 1.54) is 6.08 Å². The van der Waals surface area contributed by atoms with Crippen LogP contribution in [0.2, 0.25) is 0 Å². The highest BCUT2D eigenvalue weighted by Gasteiger charge is 2.47. The maximum atomic E-state index is 13.2. The van der Waals surface area contributed by atoms with Gasteiger partial charge in [0.2, 0.25) is 5.91 Å². The fourth-order valence-electron chi connectivity index (χ4n) is 3.84. The number of rotatable bonds is 8. The van der Waals surface area contributed by atoms with Gasteiger partial charge in [0.15, 0.2) is 11.9 Å². The molecule has 1 aromatic carbocycles. The van der Waals surface area contributed by atoms with Crippen LogP contribution in [0.3, 0.4) is 0 Å². The molecule has 7 nitrogen and oxygen atoms in total. The summed E-state index contributed by atoms with van der Waals surface area (Å²) in [4.78, 5) is 39.1. The number of allylic oxidation sites excluding steroid dienone is 2. The molecule has 2 aliphatic heterocycles. The monoisotopic (exact) mass is 427 g/mol. The summed E-state index contributed by atoms with van der Waals surface area (Å²) in [5, 5.41) is 8.84. The first kappa shape index (κ1) is 22.7. The van der Waals surface area contributed by atoms with Gasteiger partial charge in [0.05, 0.1) is 12.0 Å². The van der Waals surface area contributed by atoms with Crippen LogP contribution in [0, 0.1) is 5.92 Å². The third kappa shape index (κ3) is 5.22. The molecule has 31 heavy (non-hydrogen) atoms. The number of ketones is 1. The minimum absolute atomic E-state index is 0.172. The summed E-state index contributed by atoms with van der Waals surface area (Å²) >= 11 is 0. The smallest absolute Gasteiger partial charge is 0.417 e. The molecule has 0 saturated carbocycles. The fourth-order valence-corrected chi connectivity index (χ4v) is 3.84. The topological polar surface area (TPSA) is 93.1 Å². The molecule has 7 heteroatoms. The maximum Gasteiger partial charge on any atom is 0.417 e. The normalized spacial score (nSPS) is 25.5. The highest BCUT2D eigenvalue weighted by Crippen LogP contribution is 2.34. The molecule has 0 unspecified atom stereocenters. The first-order chi connectivity index (χ1) is 14.9. The molecule has 2 aliphatic rings. The number of aliphatic hydroxyl groups is 1. The standard InChI is InChI=1S/C24H29NO6/c1-16(21-20(27)14-13-19(30-21)12-8-3-4-9-15-26)23(28)25-17(2)22(31-24(25)29)18-10-6-5-7-11-18/h5-7,10-14,16-17,21-22,26H,3-4,8-9,15H2,1-2H3/t16-,17-,21+,22-/m1/s1. The van der Waals surface area contributed by atoms with E-state index in [0.717, 1.165) is 36.1 Å². The van der Waals surface area contributed by atoms with Gasteiger partial charge in [-0.25, -0.2) is 9.69 Å². The van der Waals surface area contributed by atoms with E-state index < -0.39 is 36.2 Å². The molecule has 1 N–H and O–H groups in total.